The van der Waals surface area contributed by atoms with Crippen molar-refractivity contribution in [1.82, 2.24) is 0 Å². The molecule has 168 valence electrons. The molecular weight excluding hydrogens is 400 g/mol. The second kappa shape index (κ2) is 11.6. The van der Waals surface area contributed by atoms with Crippen molar-refractivity contribution >= 4 is 0 Å². The molecule has 0 saturated heterocycles. The van der Waals surface area contributed by atoms with E-state index < -0.39 is 0 Å². The van der Waals surface area contributed by atoms with Gasteiger partial charge in [0.25, 0.3) is 0 Å². The van der Waals surface area contributed by atoms with Crippen LogP contribution in [0.3, 0.4) is 0 Å². The van der Waals surface area contributed by atoms with Gasteiger partial charge in [0, 0.05) is 0 Å². The first-order valence-electron chi connectivity index (χ1n) is 12.0. The summed E-state index contributed by atoms with van der Waals surface area (Å²) in [7, 11) is 0. The largest absolute Gasteiger partial charge is 0.366 e. The Bertz CT molecular complexity index is 992. The van der Waals surface area contributed by atoms with Crippen LogP contribution in [0.4, 0.5) is 0 Å². The Labute approximate surface area is 199 Å². The highest BCUT2D eigenvalue weighted by Crippen LogP contribution is 2.33. The molecule has 2 atom stereocenters. The molecule has 0 N–H and O–H groups in total. The highest BCUT2D eigenvalue weighted by molar-refractivity contribution is 5.25. The van der Waals surface area contributed by atoms with Crippen LogP contribution in [0, 0.1) is 13.8 Å². The molecule has 0 aliphatic rings. The second-order valence-corrected chi connectivity index (χ2v) is 8.98. The minimum Gasteiger partial charge on any atom is -0.366 e. The molecule has 0 bridgehead atoms. The van der Waals surface area contributed by atoms with Gasteiger partial charge < -0.3 is 4.74 Å². The fraction of sp³-hybridized carbons (Fsp3) is 0.250. The third-order valence-electron chi connectivity index (χ3n) is 6.30. The predicted octanol–water partition coefficient (Wildman–Crippen LogP) is 8.37. The maximum absolute atomic E-state index is 6.91. The standard InChI is InChI=1S/C32H34O/c1-25-13-17-27(18-14-25)21-23-31(29-9-5-3-6-10-29)33-32(30-11-7-4-8-12-30)24-22-28-19-15-26(2)16-20-28/h3-20,31-32H,21-24H2,1-2H3. The Morgan fingerprint density at radius 2 is 0.848 bits per heavy atom. The summed E-state index contributed by atoms with van der Waals surface area (Å²) < 4.78 is 6.91. The predicted molar refractivity (Wildman–Crippen MR) is 138 cm³/mol. The topological polar surface area (TPSA) is 9.23 Å². The molecule has 0 aliphatic carbocycles. The molecule has 4 aromatic rings. The molecule has 0 fully saturated rings. The van der Waals surface area contributed by atoms with E-state index >= 15 is 0 Å². The van der Waals surface area contributed by atoms with Crippen molar-refractivity contribution in [2.24, 2.45) is 0 Å². The van der Waals surface area contributed by atoms with Gasteiger partial charge >= 0.3 is 0 Å². The molecule has 0 spiro atoms. The molecule has 2 unspecified atom stereocenters. The van der Waals surface area contributed by atoms with E-state index in [-0.39, 0.29) is 12.2 Å². The van der Waals surface area contributed by atoms with E-state index in [0.29, 0.717) is 0 Å². The zero-order chi connectivity index (χ0) is 22.9. The van der Waals surface area contributed by atoms with Crippen LogP contribution in [0.15, 0.2) is 109 Å². The van der Waals surface area contributed by atoms with Crippen molar-refractivity contribution in [3.05, 3.63) is 143 Å². The number of aryl methyl sites for hydroxylation is 4. The van der Waals surface area contributed by atoms with E-state index in [1.807, 2.05) is 0 Å². The Morgan fingerprint density at radius 3 is 1.21 bits per heavy atom. The van der Waals surface area contributed by atoms with Gasteiger partial charge in [-0.25, -0.2) is 0 Å². The van der Waals surface area contributed by atoms with E-state index in [4.69, 9.17) is 4.74 Å². The van der Waals surface area contributed by atoms with Gasteiger partial charge in [0.05, 0.1) is 12.2 Å². The van der Waals surface area contributed by atoms with Gasteiger partial charge in [-0.2, -0.15) is 0 Å². The van der Waals surface area contributed by atoms with Crippen LogP contribution in [-0.4, -0.2) is 0 Å². The van der Waals surface area contributed by atoms with Crippen LogP contribution in [0.25, 0.3) is 0 Å². The minimum absolute atomic E-state index is 0.0516. The molecule has 0 radical (unpaired) electrons. The van der Waals surface area contributed by atoms with Crippen molar-refractivity contribution in [3.8, 4) is 0 Å². The summed E-state index contributed by atoms with van der Waals surface area (Å²) in [6.45, 7) is 4.27. The van der Waals surface area contributed by atoms with Crippen LogP contribution in [-0.2, 0) is 17.6 Å². The Kier molecular flexibility index (Phi) is 8.11. The minimum atomic E-state index is 0.0516. The summed E-state index contributed by atoms with van der Waals surface area (Å²) in [5.41, 5.74) is 7.83. The zero-order valence-electron chi connectivity index (χ0n) is 19.8. The third kappa shape index (κ3) is 6.91. The van der Waals surface area contributed by atoms with Crippen LogP contribution in [0.5, 0.6) is 0 Å². The lowest BCUT2D eigenvalue weighted by Crippen LogP contribution is -2.13. The molecule has 1 nitrogen and oxygen atoms in total. The summed E-state index contributed by atoms with van der Waals surface area (Å²) >= 11 is 0. The van der Waals surface area contributed by atoms with Gasteiger partial charge in [-0.15, -0.1) is 0 Å². The van der Waals surface area contributed by atoms with Gasteiger partial charge in [-0.1, -0.05) is 120 Å². The monoisotopic (exact) mass is 434 g/mol. The van der Waals surface area contributed by atoms with Crippen molar-refractivity contribution < 1.29 is 4.74 Å². The summed E-state index contributed by atoms with van der Waals surface area (Å²) in [4.78, 5) is 0. The normalized spacial score (nSPS) is 12.9. The van der Waals surface area contributed by atoms with Crippen molar-refractivity contribution in [2.75, 3.05) is 0 Å². The lowest BCUT2D eigenvalue weighted by Gasteiger charge is -2.26. The summed E-state index contributed by atoms with van der Waals surface area (Å²) in [6, 6.07) is 39.1. The van der Waals surface area contributed by atoms with E-state index in [1.54, 1.807) is 0 Å². The molecule has 4 rings (SSSR count). The lowest BCUT2D eigenvalue weighted by molar-refractivity contribution is -0.0237. The second-order valence-electron chi connectivity index (χ2n) is 8.98. The van der Waals surface area contributed by atoms with Crippen LogP contribution in [0.1, 0.15) is 58.4 Å². The number of hydrogen-bond acceptors (Lipinski definition) is 1. The van der Waals surface area contributed by atoms with Gasteiger partial charge in [0.1, 0.15) is 0 Å². The van der Waals surface area contributed by atoms with E-state index in [1.165, 1.54) is 33.4 Å². The quantitative estimate of drug-likeness (QED) is 0.244. The summed E-state index contributed by atoms with van der Waals surface area (Å²) in [5.74, 6) is 0. The van der Waals surface area contributed by atoms with Gasteiger partial charge in [0.2, 0.25) is 0 Å². The third-order valence-corrected chi connectivity index (χ3v) is 6.30. The van der Waals surface area contributed by atoms with E-state index in [0.717, 1.165) is 25.7 Å². The number of hydrogen-bond donors (Lipinski definition) is 0. The molecule has 0 aliphatic heterocycles. The maximum Gasteiger partial charge on any atom is 0.0836 e. The average molecular weight is 435 g/mol. The highest BCUT2D eigenvalue weighted by atomic mass is 16.5. The fourth-order valence-electron chi connectivity index (χ4n) is 4.27. The first kappa shape index (κ1) is 23.0. The Morgan fingerprint density at radius 1 is 0.485 bits per heavy atom. The van der Waals surface area contributed by atoms with Crippen molar-refractivity contribution in [2.45, 2.75) is 51.7 Å². The highest BCUT2D eigenvalue weighted by Gasteiger charge is 2.20. The lowest BCUT2D eigenvalue weighted by atomic mass is 9.98. The van der Waals surface area contributed by atoms with E-state index in [9.17, 15) is 0 Å². The SMILES string of the molecule is Cc1ccc(CCC(OC(CCc2ccc(C)cc2)c2ccccc2)c2ccccc2)cc1. The van der Waals surface area contributed by atoms with Crippen molar-refractivity contribution in [3.63, 3.8) is 0 Å². The molecule has 4 aromatic carbocycles. The van der Waals surface area contributed by atoms with Crippen LogP contribution >= 0.6 is 0 Å². The molecular formula is C32H34O. The smallest absolute Gasteiger partial charge is 0.0836 e. The van der Waals surface area contributed by atoms with Crippen LogP contribution in [0.2, 0.25) is 0 Å². The first-order chi connectivity index (χ1) is 16.2. The summed E-state index contributed by atoms with van der Waals surface area (Å²) in [5, 5.41) is 0. The first-order valence-corrected chi connectivity index (χ1v) is 12.0. The van der Waals surface area contributed by atoms with Gasteiger partial charge in [0.15, 0.2) is 0 Å². The molecule has 0 heterocycles. The molecule has 0 aromatic heterocycles. The van der Waals surface area contributed by atoms with Crippen LogP contribution < -0.4 is 0 Å². The van der Waals surface area contributed by atoms with Gasteiger partial charge in [-0.3, -0.25) is 0 Å². The maximum atomic E-state index is 6.91. The number of rotatable bonds is 10. The Hall–Kier alpha value is -3.16. The number of benzene rings is 4. The fourth-order valence-corrected chi connectivity index (χ4v) is 4.27. The average Bonchev–Trinajstić information content (AvgIpc) is 2.87. The molecule has 0 amide bonds. The summed E-state index contributed by atoms with van der Waals surface area (Å²) in [6.07, 6.45) is 4.02. The van der Waals surface area contributed by atoms with Crippen molar-refractivity contribution in [1.29, 1.82) is 0 Å². The molecule has 33 heavy (non-hydrogen) atoms. The zero-order valence-corrected chi connectivity index (χ0v) is 19.8. The number of ether oxygens (including phenoxy) is 1. The van der Waals surface area contributed by atoms with Gasteiger partial charge in [-0.05, 0) is 61.8 Å². The van der Waals surface area contributed by atoms with E-state index in [2.05, 4.69) is 123 Å². The molecule has 1 heteroatoms. The Balaban J connectivity index is 1.53. The molecule has 0 saturated carbocycles.